The zero-order chi connectivity index (χ0) is 13.3. The molecule has 0 atom stereocenters. The fraction of sp³-hybridized carbons (Fsp3) is 0.400. The molecule has 0 spiro atoms. The van der Waals surface area contributed by atoms with Crippen molar-refractivity contribution in [1.29, 1.82) is 0 Å². The van der Waals surface area contributed by atoms with Gasteiger partial charge in [0.15, 0.2) is 0 Å². The van der Waals surface area contributed by atoms with Crippen LogP contribution in [-0.2, 0) is 0 Å². The summed E-state index contributed by atoms with van der Waals surface area (Å²) in [6.07, 6.45) is 0. The largest absolute Gasteiger partial charge is 0.828 e. The van der Waals surface area contributed by atoms with Crippen LogP contribution in [0.2, 0.25) is 0 Å². The molecular weight excluding hydrogens is 235 g/mol. The van der Waals surface area contributed by atoms with Gasteiger partial charge in [0.2, 0.25) is 0 Å². The Bertz CT molecular complexity index is 503. The third-order valence-corrected chi connectivity index (χ3v) is 2.32. The van der Waals surface area contributed by atoms with E-state index in [2.05, 4.69) is 10.2 Å². The van der Waals surface area contributed by atoms with E-state index in [-0.39, 0.29) is 0 Å². The number of rotatable bonds is 4. The van der Waals surface area contributed by atoms with Crippen molar-refractivity contribution in [3.05, 3.63) is 34.9 Å². The maximum atomic E-state index is 9.66. The van der Waals surface area contributed by atoms with Gasteiger partial charge in [0.25, 0.3) is 0 Å². The van der Waals surface area contributed by atoms with Crippen molar-refractivity contribution in [3.63, 3.8) is 0 Å². The summed E-state index contributed by atoms with van der Waals surface area (Å²) >= 11 is 0. The van der Waals surface area contributed by atoms with Crippen molar-refractivity contribution in [2.45, 2.75) is 27.7 Å². The Morgan fingerprint density at radius 2 is 1.33 bits per heavy atom. The van der Waals surface area contributed by atoms with Crippen LogP contribution in [0.25, 0.3) is 0 Å². The van der Waals surface area contributed by atoms with Gasteiger partial charge < -0.3 is 14.5 Å². The first kappa shape index (κ1) is 12.5. The molecule has 0 amide bonds. The molecule has 0 saturated carbocycles. The maximum Gasteiger partial charge on any atom is 0.828 e. The van der Waals surface area contributed by atoms with Crippen LogP contribution in [0.4, 0.5) is 0 Å². The molecule has 2 aromatic heterocycles. The summed E-state index contributed by atoms with van der Waals surface area (Å²) in [5, 5.41) is 17.7. The second-order valence-electron chi connectivity index (χ2n) is 4.12. The summed E-state index contributed by atoms with van der Waals surface area (Å²) in [6, 6.07) is 3.66. The molecule has 0 fully saturated rings. The Labute approximate surface area is 105 Å². The van der Waals surface area contributed by atoms with Gasteiger partial charge in [-0.3, -0.25) is 0 Å². The van der Waals surface area contributed by atoms with E-state index in [1.807, 2.05) is 39.8 Å². The van der Waals surface area contributed by atoms with Gasteiger partial charge in [0.1, 0.15) is 0 Å². The molecule has 2 rings (SSSR count). The highest BCUT2D eigenvalue weighted by atomic mass is 16.8. The Kier molecular flexibility index (Phi) is 3.29. The quantitative estimate of drug-likeness (QED) is 0.763. The summed E-state index contributed by atoms with van der Waals surface area (Å²) in [5.41, 5.74) is 3.13. The van der Waals surface area contributed by atoms with Crippen LogP contribution in [0.3, 0.4) is 0 Å². The van der Waals surface area contributed by atoms with Crippen molar-refractivity contribution in [2.75, 3.05) is 0 Å². The Balaban J connectivity index is 2.03. The molecule has 0 aliphatic carbocycles. The van der Waals surface area contributed by atoms with Crippen molar-refractivity contribution in [2.24, 2.45) is 0 Å². The molecule has 0 aliphatic heterocycles. The van der Waals surface area contributed by atoms with Crippen molar-refractivity contribution < 1.29 is 14.5 Å². The molecule has 1 N–H and O–H groups in total. The highest BCUT2D eigenvalue weighted by Crippen LogP contribution is 2.01. The lowest BCUT2D eigenvalue weighted by Crippen LogP contribution is -2.41. The fourth-order valence-electron chi connectivity index (χ4n) is 1.62. The van der Waals surface area contributed by atoms with Crippen LogP contribution in [0.1, 0.15) is 22.8 Å². The standard InChI is InChI=1S/C10H15BN4O3/c1-7-5-9(3)14(12-7)17-11(16)18-15-10(4)6-8(2)13-15/h5-6,16H,1-4H3. The second-order valence-corrected chi connectivity index (χ2v) is 4.12. The number of aromatic nitrogens is 4. The van der Waals surface area contributed by atoms with E-state index in [1.54, 1.807) is 0 Å². The van der Waals surface area contributed by atoms with E-state index >= 15 is 0 Å². The number of aryl methyl sites for hydroxylation is 4. The SMILES string of the molecule is Cc1cc(C)n(OB(O)On2nc(C)cc2C)n1. The lowest BCUT2D eigenvalue weighted by Gasteiger charge is -2.11. The van der Waals surface area contributed by atoms with Crippen LogP contribution in [-0.4, -0.2) is 32.2 Å². The molecule has 2 aromatic rings. The molecule has 8 heteroatoms. The van der Waals surface area contributed by atoms with E-state index in [0.717, 1.165) is 22.8 Å². The number of hydrogen-bond donors (Lipinski definition) is 1. The van der Waals surface area contributed by atoms with E-state index < -0.39 is 7.32 Å². The van der Waals surface area contributed by atoms with E-state index in [1.165, 1.54) is 9.69 Å². The average Bonchev–Trinajstić information content (AvgIpc) is 2.71. The molecule has 0 unspecified atom stereocenters. The van der Waals surface area contributed by atoms with Crippen molar-refractivity contribution in [3.8, 4) is 0 Å². The van der Waals surface area contributed by atoms with Gasteiger partial charge in [-0.2, -0.15) is 0 Å². The lowest BCUT2D eigenvalue weighted by molar-refractivity contribution is 0.0772. The van der Waals surface area contributed by atoms with Gasteiger partial charge in [0, 0.05) is 0 Å². The predicted octanol–water partition coefficient (Wildman–Crippen LogP) is -0.152. The van der Waals surface area contributed by atoms with Crippen LogP contribution >= 0.6 is 0 Å². The van der Waals surface area contributed by atoms with Gasteiger partial charge in [-0.15, -0.1) is 19.9 Å². The van der Waals surface area contributed by atoms with Crippen molar-refractivity contribution in [1.82, 2.24) is 19.9 Å². The maximum absolute atomic E-state index is 9.66. The fourth-order valence-corrected chi connectivity index (χ4v) is 1.62. The molecule has 0 radical (unpaired) electrons. The minimum Gasteiger partial charge on any atom is -0.393 e. The van der Waals surface area contributed by atoms with Gasteiger partial charge in [-0.05, 0) is 39.8 Å². The average molecular weight is 250 g/mol. The summed E-state index contributed by atoms with van der Waals surface area (Å²) in [5.74, 6) is 0. The minimum atomic E-state index is -1.49. The molecule has 2 heterocycles. The van der Waals surface area contributed by atoms with Gasteiger partial charge in [0.05, 0.1) is 22.8 Å². The Morgan fingerprint density at radius 3 is 1.61 bits per heavy atom. The molecule has 7 nitrogen and oxygen atoms in total. The molecule has 0 bridgehead atoms. The normalized spacial score (nSPS) is 10.5. The van der Waals surface area contributed by atoms with Crippen LogP contribution < -0.4 is 9.51 Å². The molecule has 0 saturated heterocycles. The van der Waals surface area contributed by atoms with Crippen LogP contribution in [0.15, 0.2) is 12.1 Å². The molecule has 18 heavy (non-hydrogen) atoms. The van der Waals surface area contributed by atoms with Crippen LogP contribution in [0.5, 0.6) is 0 Å². The molecule has 96 valence electrons. The van der Waals surface area contributed by atoms with Gasteiger partial charge in [-0.25, -0.2) is 0 Å². The zero-order valence-electron chi connectivity index (χ0n) is 10.8. The smallest absolute Gasteiger partial charge is 0.393 e. The lowest BCUT2D eigenvalue weighted by atomic mass is 10.3. The predicted molar refractivity (Wildman–Crippen MR) is 64.5 cm³/mol. The summed E-state index contributed by atoms with van der Waals surface area (Å²) in [7, 11) is -1.49. The topological polar surface area (TPSA) is 74.3 Å². The first-order valence-corrected chi connectivity index (χ1v) is 5.54. The van der Waals surface area contributed by atoms with E-state index in [0.29, 0.717) is 0 Å². The highest BCUT2D eigenvalue weighted by molar-refractivity contribution is 6.34. The van der Waals surface area contributed by atoms with Crippen LogP contribution in [0, 0.1) is 27.7 Å². The molecule has 0 aromatic carbocycles. The summed E-state index contributed by atoms with van der Waals surface area (Å²) < 4.78 is 10.2. The monoisotopic (exact) mass is 250 g/mol. The van der Waals surface area contributed by atoms with E-state index in [9.17, 15) is 5.02 Å². The Morgan fingerprint density at radius 1 is 0.944 bits per heavy atom. The van der Waals surface area contributed by atoms with Gasteiger partial charge in [-0.1, -0.05) is 0 Å². The highest BCUT2D eigenvalue weighted by Gasteiger charge is 2.25. The molecular formula is C10H15BN4O3. The van der Waals surface area contributed by atoms with Crippen molar-refractivity contribution >= 4 is 7.32 Å². The Hall–Kier alpha value is -1.96. The zero-order valence-corrected chi connectivity index (χ0v) is 10.8. The second kappa shape index (κ2) is 4.73. The third kappa shape index (κ3) is 2.65. The third-order valence-electron chi connectivity index (χ3n) is 2.32. The van der Waals surface area contributed by atoms with Gasteiger partial charge >= 0.3 is 7.32 Å². The van der Waals surface area contributed by atoms with E-state index in [4.69, 9.17) is 9.51 Å². The number of hydrogen-bond acceptors (Lipinski definition) is 5. The minimum absolute atomic E-state index is 0.767. The first-order chi connectivity index (χ1) is 8.45. The summed E-state index contributed by atoms with van der Waals surface area (Å²) in [4.78, 5) is 2.43. The number of nitrogens with zero attached hydrogens (tertiary/aromatic N) is 4. The molecule has 0 aliphatic rings. The summed E-state index contributed by atoms with van der Waals surface area (Å²) in [6.45, 7) is 7.30. The first-order valence-electron chi connectivity index (χ1n) is 5.54.